The van der Waals surface area contributed by atoms with Crippen molar-refractivity contribution in [3.8, 4) is 27.9 Å². The van der Waals surface area contributed by atoms with E-state index in [9.17, 15) is 0 Å². The summed E-state index contributed by atoms with van der Waals surface area (Å²) in [5, 5.41) is 2.45. The molecule has 0 aliphatic rings. The van der Waals surface area contributed by atoms with Gasteiger partial charge in [0.1, 0.15) is 0 Å². The van der Waals surface area contributed by atoms with Crippen LogP contribution < -0.4 is 4.90 Å². The molecular formula is C43H32N2. The Labute approximate surface area is 264 Å². The van der Waals surface area contributed by atoms with Crippen molar-refractivity contribution in [1.82, 2.24) is 4.57 Å². The summed E-state index contributed by atoms with van der Waals surface area (Å²) in [6.07, 6.45) is 0. The summed E-state index contributed by atoms with van der Waals surface area (Å²) in [6, 6.07) is 63.3. The number of benzene rings is 7. The number of hydrogen-bond donors (Lipinski definition) is 0. The fourth-order valence-electron chi connectivity index (χ4n) is 6.66. The molecule has 45 heavy (non-hydrogen) atoms. The highest BCUT2D eigenvalue weighted by Gasteiger charge is 2.24. The number of fused-ring (bicyclic) bond motifs is 3. The van der Waals surface area contributed by atoms with Gasteiger partial charge in [0.25, 0.3) is 0 Å². The molecule has 0 spiro atoms. The number of anilines is 3. The minimum atomic E-state index is 1.13. The van der Waals surface area contributed by atoms with Gasteiger partial charge in [-0.05, 0) is 66.6 Å². The Morgan fingerprint density at radius 3 is 1.73 bits per heavy atom. The lowest BCUT2D eigenvalue weighted by Crippen LogP contribution is -2.13. The summed E-state index contributed by atoms with van der Waals surface area (Å²) < 4.78 is 2.39. The molecule has 0 fully saturated rings. The molecule has 0 bridgehead atoms. The highest BCUT2D eigenvalue weighted by atomic mass is 15.2. The highest BCUT2D eigenvalue weighted by Crippen LogP contribution is 2.48. The van der Waals surface area contributed by atoms with Crippen molar-refractivity contribution in [2.45, 2.75) is 6.92 Å². The van der Waals surface area contributed by atoms with Crippen molar-refractivity contribution >= 4 is 38.9 Å². The SMILES string of the molecule is Cc1ccc(N(c2ccccc2-c2ccccc2)c2cccc3c2c2ccccc2n3-c2ccccc2)c(-c2ccccc2)c1. The van der Waals surface area contributed by atoms with Crippen molar-refractivity contribution in [3.05, 3.63) is 181 Å². The zero-order valence-electron chi connectivity index (χ0n) is 25.1. The number of para-hydroxylation sites is 3. The van der Waals surface area contributed by atoms with Gasteiger partial charge in [-0.2, -0.15) is 0 Å². The lowest BCUT2D eigenvalue weighted by atomic mass is 9.97. The van der Waals surface area contributed by atoms with Crippen LogP contribution in [0.1, 0.15) is 5.56 Å². The number of nitrogens with zero attached hydrogens (tertiary/aromatic N) is 2. The van der Waals surface area contributed by atoms with Crippen LogP contribution in [0.5, 0.6) is 0 Å². The van der Waals surface area contributed by atoms with Gasteiger partial charge in [-0.25, -0.2) is 0 Å². The van der Waals surface area contributed by atoms with E-state index < -0.39 is 0 Å². The molecule has 0 atom stereocenters. The quantitative estimate of drug-likeness (QED) is 0.191. The van der Waals surface area contributed by atoms with Gasteiger partial charge in [0, 0.05) is 27.6 Å². The molecule has 8 rings (SSSR count). The normalized spacial score (nSPS) is 11.2. The standard InChI is InChI=1S/C43H32N2/c1-31-28-29-40(37(30-31)33-18-7-3-8-19-33)45(38-24-13-11-22-35(38)32-16-5-2-6-17-32)42-27-15-26-41-43(42)36-23-12-14-25-39(36)44(41)34-20-9-4-10-21-34/h2-30H,1H3. The number of hydrogen-bond acceptors (Lipinski definition) is 1. The van der Waals surface area contributed by atoms with Crippen LogP contribution in [0.25, 0.3) is 49.7 Å². The largest absolute Gasteiger partial charge is 0.309 e. The molecule has 214 valence electrons. The first-order chi connectivity index (χ1) is 22.3. The molecule has 0 radical (unpaired) electrons. The predicted molar refractivity (Wildman–Crippen MR) is 191 cm³/mol. The van der Waals surface area contributed by atoms with Crippen molar-refractivity contribution < 1.29 is 0 Å². The summed E-state index contributed by atoms with van der Waals surface area (Å²) in [5.74, 6) is 0. The van der Waals surface area contributed by atoms with Gasteiger partial charge >= 0.3 is 0 Å². The first-order valence-electron chi connectivity index (χ1n) is 15.5. The molecule has 0 saturated heterocycles. The Hall–Kier alpha value is -5.86. The van der Waals surface area contributed by atoms with Gasteiger partial charge in [0.05, 0.1) is 28.1 Å². The van der Waals surface area contributed by atoms with Crippen LogP contribution >= 0.6 is 0 Å². The molecule has 0 N–H and O–H groups in total. The number of rotatable bonds is 6. The van der Waals surface area contributed by atoms with Crippen molar-refractivity contribution in [2.75, 3.05) is 4.90 Å². The second-order valence-electron chi connectivity index (χ2n) is 11.5. The van der Waals surface area contributed by atoms with E-state index in [1.54, 1.807) is 0 Å². The van der Waals surface area contributed by atoms with E-state index in [2.05, 4.69) is 192 Å². The molecule has 2 nitrogen and oxygen atoms in total. The van der Waals surface area contributed by atoms with Gasteiger partial charge in [0.2, 0.25) is 0 Å². The van der Waals surface area contributed by atoms with Crippen LogP contribution in [0.2, 0.25) is 0 Å². The van der Waals surface area contributed by atoms with E-state index in [0.29, 0.717) is 0 Å². The van der Waals surface area contributed by atoms with E-state index in [1.165, 1.54) is 49.6 Å². The third kappa shape index (κ3) is 4.68. The van der Waals surface area contributed by atoms with E-state index in [-0.39, 0.29) is 0 Å². The molecule has 1 aromatic heterocycles. The lowest BCUT2D eigenvalue weighted by Gasteiger charge is -2.31. The van der Waals surface area contributed by atoms with Gasteiger partial charge < -0.3 is 9.47 Å². The van der Waals surface area contributed by atoms with Crippen LogP contribution in [-0.2, 0) is 0 Å². The Balaban J connectivity index is 1.50. The average Bonchev–Trinajstić information content (AvgIpc) is 3.45. The Kier molecular flexibility index (Phi) is 6.73. The molecule has 0 saturated carbocycles. The maximum Gasteiger partial charge on any atom is 0.0562 e. The van der Waals surface area contributed by atoms with Gasteiger partial charge in [0.15, 0.2) is 0 Å². The smallest absolute Gasteiger partial charge is 0.0562 e. The van der Waals surface area contributed by atoms with Crippen LogP contribution in [0.4, 0.5) is 17.1 Å². The molecule has 0 aliphatic heterocycles. The van der Waals surface area contributed by atoms with E-state index >= 15 is 0 Å². The van der Waals surface area contributed by atoms with Crippen molar-refractivity contribution in [3.63, 3.8) is 0 Å². The molecule has 1 heterocycles. The maximum atomic E-state index is 2.48. The monoisotopic (exact) mass is 576 g/mol. The van der Waals surface area contributed by atoms with Crippen LogP contribution in [0.15, 0.2) is 176 Å². The van der Waals surface area contributed by atoms with E-state index in [0.717, 1.165) is 22.7 Å². The first-order valence-corrected chi connectivity index (χ1v) is 15.5. The Morgan fingerprint density at radius 1 is 0.422 bits per heavy atom. The maximum absolute atomic E-state index is 2.48. The molecule has 0 unspecified atom stereocenters. The van der Waals surface area contributed by atoms with Gasteiger partial charge in [-0.3, -0.25) is 0 Å². The third-order valence-electron chi connectivity index (χ3n) is 8.64. The Morgan fingerprint density at radius 2 is 0.978 bits per heavy atom. The van der Waals surface area contributed by atoms with Crippen LogP contribution in [-0.4, -0.2) is 4.57 Å². The van der Waals surface area contributed by atoms with Gasteiger partial charge in [-0.1, -0.05) is 133 Å². The minimum absolute atomic E-state index is 1.13. The zero-order valence-corrected chi connectivity index (χ0v) is 25.1. The van der Waals surface area contributed by atoms with Crippen molar-refractivity contribution in [2.24, 2.45) is 0 Å². The average molecular weight is 577 g/mol. The summed E-state index contributed by atoms with van der Waals surface area (Å²) in [4.78, 5) is 2.48. The Bertz CT molecular complexity index is 2270. The number of aromatic nitrogens is 1. The van der Waals surface area contributed by atoms with E-state index in [1.807, 2.05) is 0 Å². The number of aryl methyl sites for hydroxylation is 1. The zero-order chi connectivity index (χ0) is 30.2. The minimum Gasteiger partial charge on any atom is -0.309 e. The fourth-order valence-corrected chi connectivity index (χ4v) is 6.66. The molecular weight excluding hydrogens is 544 g/mol. The highest BCUT2D eigenvalue weighted by molar-refractivity contribution is 6.17. The topological polar surface area (TPSA) is 8.17 Å². The molecule has 2 heteroatoms. The lowest BCUT2D eigenvalue weighted by molar-refractivity contribution is 1.18. The first kappa shape index (κ1) is 26.7. The summed E-state index contributed by atoms with van der Waals surface area (Å²) in [7, 11) is 0. The summed E-state index contributed by atoms with van der Waals surface area (Å²) in [6.45, 7) is 2.17. The molecule has 8 aromatic rings. The molecule has 7 aromatic carbocycles. The third-order valence-corrected chi connectivity index (χ3v) is 8.64. The fraction of sp³-hybridized carbons (Fsp3) is 0.0233. The van der Waals surface area contributed by atoms with Crippen LogP contribution in [0, 0.1) is 6.92 Å². The summed E-state index contributed by atoms with van der Waals surface area (Å²) in [5.41, 5.74) is 12.9. The van der Waals surface area contributed by atoms with Crippen LogP contribution in [0.3, 0.4) is 0 Å². The molecule has 0 amide bonds. The predicted octanol–water partition coefficient (Wildman–Crippen LogP) is 11.9. The second-order valence-corrected chi connectivity index (χ2v) is 11.5. The van der Waals surface area contributed by atoms with E-state index in [4.69, 9.17) is 0 Å². The molecule has 0 aliphatic carbocycles. The van der Waals surface area contributed by atoms with Crippen molar-refractivity contribution in [1.29, 1.82) is 0 Å². The summed E-state index contributed by atoms with van der Waals surface area (Å²) >= 11 is 0. The van der Waals surface area contributed by atoms with Gasteiger partial charge in [-0.15, -0.1) is 0 Å². The second kappa shape index (κ2) is 11.3.